The molecule has 0 atom stereocenters. The van der Waals surface area contributed by atoms with E-state index >= 15 is 0 Å². The predicted molar refractivity (Wildman–Crippen MR) is 88.5 cm³/mol. The zero-order valence-electron chi connectivity index (χ0n) is 13.7. The van der Waals surface area contributed by atoms with Crippen LogP contribution in [0.5, 0.6) is 0 Å². The summed E-state index contributed by atoms with van der Waals surface area (Å²) in [6.07, 6.45) is 0.941. The van der Waals surface area contributed by atoms with Crippen LogP contribution >= 0.6 is 0 Å². The second-order valence-electron chi connectivity index (χ2n) is 5.57. The SMILES string of the molecule is Cc1oc(-c2cccc(-c3nc(CCO)c(C)o3)c2)nc1CCO. The van der Waals surface area contributed by atoms with Gasteiger partial charge in [0.05, 0.1) is 11.4 Å². The molecule has 126 valence electrons. The van der Waals surface area contributed by atoms with Gasteiger partial charge in [-0.1, -0.05) is 6.07 Å². The number of hydrogen-bond donors (Lipinski definition) is 2. The highest BCUT2D eigenvalue weighted by Gasteiger charge is 2.14. The van der Waals surface area contributed by atoms with Crippen LogP contribution in [0.25, 0.3) is 22.9 Å². The number of benzene rings is 1. The maximum atomic E-state index is 9.07. The summed E-state index contributed by atoms with van der Waals surface area (Å²) in [5, 5.41) is 18.1. The molecule has 0 aliphatic heterocycles. The van der Waals surface area contributed by atoms with Crippen molar-refractivity contribution in [1.82, 2.24) is 9.97 Å². The van der Waals surface area contributed by atoms with E-state index in [0.717, 1.165) is 22.5 Å². The lowest BCUT2D eigenvalue weighted by molar-refractivity contribution is 0.297. The molecule has 2 heterocycles. The van der Waals surface area contributed by atoms with Crippen LogP contribution in [0.4, 0.5) is 0 Å². The van der Waals surface area contributed by atoms with Crippen molar-refractivity contribution in [2.24, 2.45) is 0 Å². The highest BCUT2D eigenvalue weighted by Crippen LogP contribution is 2.28. The molecule has 1 aromatic carbocycles. The highest BCUT2D eigenvalue weighted by atomic mass is 16.4. The minimum Gasteiger partial charge on any atom is -0.441 e. The van der Waals surface area contributed by atoms with Crippen LogP contribution in [0.1, 0.15) is 22.9 Å². The topological polar surface area (TPSA) is 92.5 Å². The summed E-state index contributed by atoms with van der Waals surface area (Å²) in [5.74, 6) is 2.44. The van der Waals surface area contributed by atoms with Gasteiger partial charge in [0, 0.05) is 37.2 Å². The van der Waals surface area contributed by atoms with Gasteiger partial charge in [-0.25, -0.2) is 9.97 Å². The molecule has 2 N–H and O–H groups in total. The van der Waals surface area contributed by atoms with E-state index in [9.17, 15) is 0 Å². The number of aliphatic hydroxyl groups is 2. The molecule has 6 heteroatoms. The molecule has 3 aromatic rings. The summed E-state index contributed by atoms with van der Waals surface area (Å²) in [7, 11) is 0. The van der Waals surface area contributed by atoms with Crippen molar-refractivity contribution < 1.29 is 19.0 Å². The Bertz CT molecular complexity index is 770. The van der Waals surface area contributed by atoms with Crippen LogP contribution in [0.2, 0.25) is 0 Å². The van der Waals surface area contributed by atoms with Crippen LogP contribution in [0, 0.1) is 13.8 Å². The second-order valence-corrected chi connectivity index (χ2v) is 5.57. The molecule has 6 nitrogen and oxygen atoms in total. The van der Waals surface area contributed by atoms with Crippen molar-refractivity contribution in [2.45, 2.75) is 26.7 Å². The van der Waals surface area contributed by atoms with Gasteiger partial charge in [0.25, 0.3) is 0 Å². The number of oxazole rings is 2. The summed E-state index contributed by atoms with van der Waals surface area (Å²) in [5.41, 5.74) is 3.16. The molecule has 0 aliphatic rings. The third kappa shape index (κ3) is 3.25. The van der Waals surface area contributed by atoms with Crippen LogP contribution in [0.3, 0.4) is 0 Å². The number of aliphatic hydroxyl groups excluding tert-OH is 2. The fourth-order valence-electron chi connectivity index (χ4n) is 2.56. The molecule has 0 bridgehead atoms. The van der Waals surface area contributed by atoms with Gasteiger partial charge in [-0.2, -0.15) is 0 Å². The van der Waals surface area contributed by atoms with Gasteiger partial charge >= 0.3 is 0 Å². The van der Waals surface area contributed by atoms with Crippen molar-refractivity contribution in [3.63, 3.8) is 0 Å². The molecular weight excluding hydrogens is 308 g/mol. The number of rotatable bonds is 6. The Kier molecular flexibility index (Phi) is 4.78. The first-order chi connectivity index (χ1) is 11.6. The number of aryl methyl sites for hydroxylation is 2. The van der Waals surface area contributed by atoms with Gasteiger partial charge in [-0.3, -0.25) is 0 Å². The van der Waals surface area contributed by atoms with Gasteiger partial charge in [0.15, 0.2) is 0 Å². The average Bonchev–Trinajstić information content (AvgIpc) is 3.12. The fourth-order valence-corrected chi connectivity index (χ4v) is 2.56. The molecule has 0 aliphatic carbocycles. The first-order valence-corrected chi connectivity index (χ1v) is 7.87. The van der Waals surface area contributed by atoms with E-state index < -0.39 is 0 Å². The van der Waals surface area contributed by atoms with E-state index in [1.807, 2.05) is 38.1 Å². The standard InChI is InChI=1S/C18H20N2O4/c1-11-15(6-8-21)19-17(23-11)13-4-3-5-14(10-13)18-20-16(7-9-22)12(2)24-18/h3-5,10,21-22H,6-9H2,1-2H3. The summed E-state index contributed by atoms with van der Waals surface area (Å²) < 4.78 is 11.4. The number of hydrogen-bond acceptors (Lipinski definition) is 6. The normalized spacial score (nSPS) is 11.2. The largest absolute Gasteiger partial charge is 0.441 e. The van der Waals surface area contributed by atoms with E-state index in [1.165, 1.54) is 0 Å². The molecule has 0 saturated carbocycles. The third-order valence-electron chi connectivity index (χ3n) is 3.84. The van der Waals surface area contributed by atoms with Gasteiger partial charge in [0.2, 0.25) is 11.8 Å². The Morgan fingerprint density at radius 2 is 1.29 bits per heavy atom. The molecular formula is C18H20N2O4. The van der Waals surface area contributed by atoms with Crippen LogP contribution in [-0.4, -0.2) is 33.4 Å². The lowest BCUT2D eigenvalue weighted by Gasteiger charge is -1.99. The molecule has 0 unspecified atom stereocenters. The van der Waals surface area contributed by atoms with Gasteiger partial charge in [-0.15, -0.1) is 0 Å². The van der Waals surface area contributed by atoms with Crippen molar-refractivity contribution in [3.05, 3.63) is 47.2 Å². The summed E-state index contributed by atoms with van der Waals surface area (Å²) in [6, 6.07) is 7.60. The van der Waals surface area contributed by atoms with E-state index in [0.29, 0.717) is 36.1 Å². The number of nitrogens with zero attached hydrogens (tertiary/aromatic N) is 2. The Morgan fingerprint density at radius 3 is 1.71 bits per heavy atom. The second kappa shape index (κ2) is 6.98. The predicted octanol–water partition coefficient (Wildman–Crippen LogP) is 2.68. The molecule has 0 radical (unpaired) electrons. The van der Waals surface area contributed by atoms with E-state index in [-0.39, 0.29) is 13.2 Å². The number of aromatic nitrogens is 2. The maximum absolute atomic E-state index is 9.07. The van der Waals surface area contributed by atoms with Gasteiger partial charge in [0.1, 0.15) is 11.5 Å². The van der Waals surface area contributed by atoms with Crippen molar-refractivity contribution in [1.29, 1.82) is 0 Å². The molecule has 0 spiro atoms. The molecule has 0 amide bonds. The molecule has 24 heavy (non-hydrogen) atoms. The highest BCUT2D eigenvalue weighted by molar-refractivity contribution is 5.65. The Labute approximate surface area is 139 Å². The monoisotopic (exact) mass is 328 g/mol. The zero-order chi connectivity index (χ0) is 17.1. The van der Waals surface area contributed by atoms with E-state index in [1.54, 1.807) is 0 Å². The van der Waals surface area contributed by atoms with Crippen LogP contribution in [0.15, 0.2) is 33.1 Å². The van der Waals surface area contributed by atoms with Crippen molar-refractivity contribution in [2.75, 3.05) is 13.2 Å². The van der Waals surface area contributed by atoms with Gasteiger partial charge in [-0.05, 0) is 32.0 Å². The minimum atomic E-state index is 0.0378. The first-order valence-electron chi connectivity index (χ1n) is 7.87. The summed E-state index contributed by atoms with van der Waals surface area (Å²) in [4.78, 5) is 8.89. The van der Waals surface area contributed by atoms with E-state index in [2.05, 4.69) is 9.97 Å². The van der Waals surface area contributed by atoms with Crippen molar-refractivity contribution >= 4 is 0 Å². The lowest BCUT2D eigenvalue weighted by atomic mass is 10.1. The smallest absolute Gasteiger partial charge is 0.226 e. The molecule has 0 saturated heterocycles. The summed E-state index contributed by atoms with van der Waals surface area (Å²) >= 11 is 0. The lowest BCUT2D eigenvalue weighted by Crippen LogP contribution is -1.93. The molecule has 3 rings (SSSR count). The minimum absolute atomic E-state index is 0.0378. The zero-order valence-corrected chi connectivity index (χ0v) is 13.7. The molecule has 0 fully saturated rings. The quantitative estimate of drug-likeness (QED) is 0.723. The van der Waals surface area contributed by atoms with Crippen LogP contribution < -0.4 is 0 Å². The van der Waals surface area contributed by atoms with Crippen LogP contribution in [-0.2, 0) is 12.8 Å². The Hall–Kier alpha value is -2.44. The Morgan fingerprint density at radius 1 is 0.833 bits per heavy atom. The third-order valence-corrected chi connectivity index (χ3v) is 3.84. The van der Waals surface area contributed by atoms with Crippen molar-refractivity contribution in [3.8, 4) is 22.9 Å². The molecule has 2 aromatic heterocycles. The first kappa shape index (κ1) is 16.4. The fraction of sp³-hybridized carbons (Fsp3) is 0.333. The average molecular weight is 328 g/mol. The maximum Gasteiger partial charge on any atom is 0.226 e. The van der Waals surface area contributed by atoms with E-state index in [4.69, 9.17) is 19.0 Å². The summed E-state index contributed by atoms with van der Waals surface area (Å²) in [6.45, 7) is 3.75. The Balaban J connectivity index is 1.94. The van der Waals surface area contributed by atoms with Gasteiger partial charge < -0.3 is 19.0 Å².